The topological polar surface area (TPSA) is 54.5 Å². The maximum absolute atomic E-state index is 8.37. The third kappa shape index (κ3) is 0.982. The van der Waals surface area contributed by atoms with Gasteiger partial charge in [0.2, 0.25) is 0 Å². The van der Waals surface area contributed by atoms with E-state index in [2.05, 4.69) is 16.4 Å². The molecule has 0 spiro atoms. The van der Waals surface area contributed by atoms with Crippen LogP contribution in [0.1, 0.15) is 11.4 Å². The Labute approximate surface area is 59.1 Å². The Bertz CT molecular complexity index is 248. The van der Waals surface area contributed by atoms with Crippen LogP contribution in [-0.2, 0) is 13.5 Å². The zero-order chi connectivity index (χ0) is 7.56. The zero-order valence-corrected chi connectivity index (χ0v) is 6.00. The lowest BCUT2D eigenvalue weighted by Crippen LogP contribution is -1.97. The minimum absolute atomic E-state index is 0.384. The van der Waals surface area contributed by atoms with Crippen molar-refractivity contribution in [1.82, 2.24) is 15.0 Å². The van der Waals surface area contributed by atoms with Gasteiger partial charge < -0.3 is 0 Å². The third-order valence-corrected chi connectivity index (χ3v) is 1.38. The second-order valence-electron chi connectivity index (χ2n) is 2.08. The van der Waals surface area contributed by atoms with Gasteiger partial charge in [0.1, 0.15) is 0 Å². The monoisotopic (exact) mass is 136 g/mol. The van der Waals surface area contributed by atoms with E-state index in [1.54, 1.807) is 11.7 Å². The Morgan fingerprint density at radius 1 is 1.70 bits per heavy atom. The molecule has 1 aromatic rings. The average molecular weight is 136 g/mol. The fraction of sp³-hybridized carbons (Fsp3) is 0.500. The van der Waals surface area contributed by atoms with Gasteiger partial charge in [-0.05, 0) is 6.92 Å². The molecule has 0 radical (unpaired) electrons. The number of hydrogen-bond donors (Lipinski definition) is 0. The van der Waals surface area contributed by atoms with Crippen molar-refractivity contribution >= 4 is 0 Å². The van der Waals surface area contributed by atoms with Gasteiger partial charge in [0.15, 0.2) is 0 Å². The first kappa shape index (κ1) is 6.75. The summed E-state index contributed by atoms with van der Waals surface area (Å²) in [6.45, 7) is 1.85. The van der Waals surface area contributed by atoms with Gasteiger partial charge in [0.05, 0.1) is 23.9 Å². The van der Waals surface area contributed by atoms with Crippen molar-refractivity contribution in [2.45, 2.75) is 13.3 Å². The van der Waals surface area contributed by atoms with Crippen LogP contribution in [-0.4, -0.2) is 15.0 Å². The highest BCUT2D eigenvalue weighted by atomic mass is 15.4. The first-order valence-corrected chi connectivity index (χ1v) is 2.98. The number of rotatable bonds is 1. The van der Waals surface area contributed by atoms with Crippen LogP contribution in [0.25, 0.3) is 0 Å². The van der Waals surface area contributed by atoms with Crippen molar-refractivity contribution in [2.75, 3.05) is 0 Å². The lowest BCUT2D eigenvalue weighted by Gasteiger charge is -1.92. The van der Waals surface area contributed by atoms with Gasteiger partial charge >= 0.3 is 0 Å². The van der Waals surface area contributed by atoms with Gasteiger partial charge in [0, 0.05) is 7.05 Å². The van der Waals surface area contributed by atoms with Crippen LogP contribution in [0, 0.1) is 18.3 Å². The van der Waals surface area contributed by atoms with Crippen LogP contribution in [0.2, 0.25) is 0 Å². The maximum atomic E-state index is 8.37. The highest BCUT2D eigenvalue weighted by Crippen LogP contribution is 2.01. The quantitative estimate of drug-likeness (QED) is 0.553. The van der Waals surface area contributed by atoms with Crippen molar-refractivity contribution in [3.63, 3.8) is 0 Å². The van der Waals surface area contributed by atoms with Crippen LogP contribution in [0.4, 0.5) is 0 Å². The van der Waals surface area contributed by atoms with E-state index >= 15 is 0 Å². The molecule has 0 aliphatic rings. The van der Waals surface area contributed by atoms with Crippen molar-refractivity contribution in [1.29, 1.82) is 5.26 Å². The largest absolute Gasteiger partial charge is 0.251 e. The number of nitrogens with zero attached hydrogens (tertiary/aromatic N) is 4. The average Bonchev–Trinajstić information content (AvgIpc) is 2.20. The number of hydrogen-bond acceptors (Lipinski definition) is 3. The summed E-state index contributed by atoms with van der Waals surface area (Å²) in [5.74, 6) is 0. The number of aromatic nitrogens is 3. The summed E-state index contributed by atoms with van der Waals surface area (Å²) >= 11 is 0. The first-order chi connectivity index (χ1) is 4.75. The molecule has 0 aliphatic carbocycles. The summed E-state index contributed by atoms with van der Waals surface area (Å²) in [7, 11) is 1.78. The van der Waals surface area contributed by atoms with Gasteiger partial charge in [-0.2, -0.15) is 5.26 Å². The molecule has 1 rings (SSSR count). The molecular weight excluding hydrogens is 128 g/mol. The van der Waals surface area contributed by atoms with Crippen LogP contribution < -0.4 is 0 Å². The molecule has 0 saturated carbocycles. The summed E-state index contributed by atoms with van der Waals surface area (Å²) in [4.78, 5) is 0. The van der Waals surface area contributed by atoms with E-state index in [0.717, 1.165) is 11.4 Å². The Balaban J connectivity index is 3.01. The Morgan fingerprint density at radius 2 is 2.40 bits per heavy atom. The second-order valence-corrected chi connectivity index (χ2v) is 2.08. The molecule has 0 saturated heterocycles. The lowest BCUT2D eigenvalue weighted by molar-refractivity contribution is 0.689. The molecule has 0 aliphatic heterocycles. The molecule has 1 heterocycles. The van der Waals surface area contributed by atoms with Gasteiger partial charge in [-0.15, -0.1) is 5.10 Å². The summed E-state index contributed by atoms with van der Waals surface area (Å²) < 4.78 is 1.62. The van der Waals surface area contributed by atoms with E-state index in [1.165, 1.54) is 0 Å². The molecule has 0 aromatic carbocycles. The molecule has 1 aromatic heterocycles. The van der Waals surface area contributed by atoms with Crippen molar-refractivity contribution in [3.8, 4) is 6.07 Å². The number of aryl methyl sites for hydroxylation is 2. The normalized spacial score (nSPS) is 9.30. The molecule has 0 atom stereocenters. The van der Waals surface area contributed by atoms with Crippen molar-refractivity contribution < 1.29 is 0 Å². The molecule has 0 N–H and O–H groups in total. The highest BCUT2D eigenvalue weighted by Gasteiger charge is 2.03. The Kier molecular flexibility index (Phi) is 1.67. The summed E-state index contributed by atoms with van der Waals surface area (Å²) in [6.07, 6.45) is 0.384. The first-order valence-electron chi connectivity index (χ1n) is 2.98. The van der Waals surface area contributed by atoms with Crippen molar-refractivity contribution in [2.24, 2.45) is 7.05 Å². The van der Waals surface area contributed by atoms with Gasteiger partial charge in [0.25, 0.3) is 0 Å². The molecule has 10 heavy (non-hydrogen) atoms. The smallest absolute Gasteiger partial charge is 0.0838 e. The third-order valence-electron chi connectivity index (χ3n) is 1.38. The van der Waals surface area contributed by atoms with Gasteiger partial charge in [-0.1, -0.05) is 5.21 Å². The van der Waals surface area contributed by atoms with E-state index in [9.17, 15) is 0 Å². The molecule has 0 fully saturated rings. The van der Waals surface area contributed by atoms with Crippen LogP contribution in [0.15, 0.2) is 0 Å². The summed E-state index contributed by atoms with van der Waals surface area (Å²) in [6, 6.07) is 2.05. The zero-order valence-electron chi connectivity index (χ0n) is 6.00. The van der Waals surface area contributed by atoms with Crippen LogP contribution >= 0.6 is 0 Å². The van der Waals surface area contributed by atoms with E-state index in [0.29, 0.717) is 6.42 Å². The van der Waals surface area contributed by atoms with Crippen LogP contribution in [0.5, 0.6) is 0 Å². The molecule has 0 amide bonds. The van der Waals surface area contributed by atoms with E-state index in [-0.39, 0.29) is 0 Å². The van der Waals surface area contributed by atoms with Gasteiger partial charge in [-0.25, -0.2) is 0 Å². The fourth-order valence-electron chi connectivity index (χ4n) is 0.797. The van der Waals surface area contributed by atoms with E-state index < -0.39 is 0 Å². The predicted octanol–water partition coefficient (Wildman–Crippen LogP) is 0.190. The summed E-state index contributed by atoms with van der Waals surface area (Å²) in [5.41, 5.74) is 1.73. The second kappa shape index (κ2) is 2.48. The molecule has 0 unspecified atom stereocenters. The SMILES string of the molecule is Cc1nnn(C)c1CC#N. The van der Waals surface area contributed by atoms with E-state index in [4.69, 9.17) is 5.26 Å². The predicted molar refractivity (Wildman–Crippen MR) is 35.1 cm³/mol. The molecule has 0 bridgehead atoms. The standard InChI is InChI=1S/C6H8N4/c1-5-6(3-4-7)10(2)9-8-5/h3H2,1-2H3. The maximum Gasteiger partial charge on any atom is 0.0838 e. The number of nitriles is 1. The minimum atomic E-state index is 0.384. The Hall–Kier alpha value is -1.37. The molecule has 4 heteroatoms. The fourth-order valence-corrected chi connectivity index (χ4v) is 0.797. The molecule has 4 nitrogen and oxygen atoms in total. The van der Waals surface area contributed by atoms with E-state index in [1.807, 2.05) is 6.92 Å². The molecular formula is C6H8N4. The lowest BCUT2D eigenvalue weighted by atomic mass is 10.3. The van der Waals surface area contributed by atoms with Crippen LogP contribution in [0.3, 0.4) is 0 Å². The minimum Gasteiger partial charge on any atom is -0.251 e. The Morgan fingerprint density at radius 3 is 2.80 bits per heavy atom. The molecule has 52 valence electrons. The summed E-state index contributed by atoms with van der Waals surface area (Å²) in [5, 5.41) is 15.9. The van der Waals surface area contributed by atoms with Crippen molar-refractivity contribution in [3.05, 3.63) is 11.4 Å². The highest BCUT2D eigenvalue weighted by molar-refractivity contribution is 5.11. The van der Waals surface area contributed by atoms with Gasteiger partial charge in [-0.3, -0.25) is 4.68 Å².